The third-order valence-electron chi connectivity index (χ3n) is 16.9. The van der Waals surface area contributed by atoms with E-state index in [1.54, 1.807) is 37.4 Å². The number of nitrogens with one attached hydrogen (secondary N) is 11. The van der Waals surface area contributed by atoms with Crippen molar-refractivity contribution in [1.29, 1.82) is 0 Å². The lowest BCUT2D eigenvalue weighted by atomic mass is 9.90. The van der Waals surface area contributed by atoms with Crippen molar-refractivity contribution in [3.63, 3.8) is 0 Å². The highest BCUT2D eigenvalue weighted by Gasteiger charge is 2.43. The number of rotatable bonds is 45. The molecule has 570 valence electrons. The van der Waals surface area contributed by atoms with Crippen LogP contribution in [0.2, 0.25) is 0 Å². The number of aromatic amines is 1. The summed E-state index contributed by atoms with van der Waals surface area (Å²) in [6, 6.07) is 3.70. The summed E-state index contributed by atoms with van der Waals surface area (Å²) >= 11 is 0. The van der Waals surface area contributed by atoms with Crippen molar-refractivity contribution in [2.45, 2.75) is 210 Å². The van der Waals surface area contributed by atoms with E-state index in [0.717, 1.165) is 75.6 Å². The molecule has 0 radical (unpaired) electrons. The number of ether oxygens (including phenoxy) is 1. The summed E-state index contributed by atoms with van der Waals surface area (Å²) in [4.78, 5) is 182. The number of hydrogen-bond acceptors (Lipinski definition) is 19. The Balaban J connectivity index is 1.55. The molecule has 11 atom stereocenters. The van der Waals surface area contributed by atoms with Crippen molar-refractivity contribution >= 4 is 76.9 Å². The van der Waals surface area contributed by atoms with E-state index in [1.165, 1.54) is 44.6 Å². The smallest absolute Gasteiger partial charge is 0.305 e. The van der Waals surface area contributed by atoms with Gasteiger partial charge in [-0.25, -0.2) is 9.37 Å². The molecule has 4 rings (SSSR count). The number of halogens is 1. The predicted octanol–water partition coefficient (Wildman–Crippen LogP) is -1.25. The maximum Gasteiger partial charge on any atom is 0.305 e. The van der Waals surface area contributed by atoms with Gasteiger partial charge < -0.3 is 99.9 Å². The Kier molecular flexibility index (Phi) is 34.4. The van der Waals surface area contributed by atoms with E-state index in [4.69, 9.17) is 16.2 Å². The average Bonchev–Trinajstić information content (AvgIpc) is 0.894. The Morgan fingerprint density at radius 3 is 1.82 bits per heavy atom. The van der Waals surface area contributed by atoms with Gasteiger partial charge in [0.05, 0.1) is 51.3 Å². The van der Waals surface area contributed by atoms with Crippen LogP contribution in [0, 0.1) is 5.82 Å². The number of carboxylic acid groups (broad SMARTS) is 2. The van der Waals surface area contributed by atoms with Crippen LogP contribution < -0.4 is 69.4 Å². The lowest BCUT2D eigenvalue weighted by Crippen LogP contribution is -2.67. The monoisotopic (exact) mass is 1460 g/mol. The Morgan fingerprint density at radius 1 is 0.625 bits per heavy atom. The predicted molar refractivity (Wildman–Crippen MR) is 374 cm³/mol. The van der Waals surface area contributed by atoms with Crippen LogP contribution >= 0.6 is 0 Å². The molecule has 1 heterocycles. The quantitative estimate of drug-likeness (QED) is 0.0230. The molecule has 3 aromatic carbocycles. The molecular formula is C70H99FN14O19. The van der Waals surface area contributed by atoms with Crippen LogP contribution in [-0.4, -0.2) is 204 Å². The van der Waals surface area contributed by atoms with Crippen molar-refractivity contribution in [3.05, 3.63) is 107 Å². The molecule has 0 fully saturated rings. The molecule has 4 aromatic rings. The van der Waals surface area contributed by atoms with E-state index in [1.807, 2.05) is 19.1 Å². The Morgan fingerprint density at radius 2 is 1.23 bits per heavy atom. The number of nitrogens with zero attached hydrogens (tertiary/aromatic N) is 1. The number of carbonyl (C=O) groups excluding carboxylic acids is 11. The minimum Gasteiger partial charge on any atom is -0.497 e. The lowest BCUT2D eigenvalue weighted by molar-refractivity contribution is -0.142. The van der Waals surface area contributed by atoms with Gasteiger partial charge in [-0.1, -0.05) is 101 Å². The van der Waals surface area contributed by atoms with Gasteiger partial charge in [-0.05, 0) is 99.9 Å². The van der Waals surface area contributed by atoms with Crippen LogP contribution in [0.4, 0.5) is 4.39 Å². The topological polar surface area (TPSA) is 533 Å². The minimum atomic E-state index is -2.42. The Labute approximate surface area is 600 Å². The largest absolute Gasteiger partial charge is 0.497 e. The summed E-state index contributed by atoms with van der Waals surface area (Å²) in [6.07, 6.45) is 1.70. The molecule has 20 N–H and O–H groups in total. The number of imidazole rings is 1. The second-order valence-electron chi connectivity index (χ2n) is 26.0. The number of methoxy groups -OCH3 is 1. The fourth-order valence-corrected chi connectivity index (χ4v) is 10.8. The molecule has 0 saturated carbocycles. The van der Waals surface area contributed by atoms with Crippen LogP contribution in [0.25, 0.3) is 11.1 Å². The number of aryl methyl sites for hydroxylation is 1. The number of H-pyrrole nitrogens is 1. The SMILES string of the molecule is CCCCCCCC[C@H](NC(=O)[C@H](Cc1ccc(-c2ccc(OC)cc2CC)cc1)NC(=O)[C@H](CC(=O)O)NC(=O)[C@H](CO)NC(=O)[C@@H](NC(=O)[C@](C)(Cc1ccccc1F)NC(=O)[C@@H](NC(=O)CNC(=O)[C@H](CCC(=O)O)NC(=O)C(C)(C)NC(=O)[C@@H](N)Cc1cnc[nH]1)[C@@H](C)O)[C@@H](C)O)C(N)=O. The van der Waals surface area contributed by atoms with Crippen LogP contribution in [-0.2, 0) is 88.0 Å². The molecule has 34 heteroatoms. The number of aliphatic carboxylic acids is 2. The first-order chi connectivity index (χ1) is 49.1. The third-order valence-corrected chi connectivity index (χ3v) is 16.9. The number of nitrogens with two attached hydrogens (primary N) is 2. The van der Waals surface area contributed by atoms with Crippen LogP contribution in [0.1, 0.15) is 135 Å². The third kappa shape index (κ3) is 27.4. The van der Waals surface area contributed by atoms with E-state index in [9.17, 15) is 87.9 Å². The number of aromatic nitrogens is 2. The average molecular weight is 1460 g/mol. The molecule has 11 amide bonds. The molecule has 33 nitrogen and oxygen atoms in total. The first kappa shape index (κ1) is 86.0. The molecular weight excluding hydrogens is 1360 g/mol. The number of carboxylic acids is 2. The first-order valence-electron chi connectivity index (χ1n) is 34.0. The van der Waals surface area contributed by atoms with Gasteiger partial charge >= 0.3 is 11.9 Å². The lowest BCUT2D eigenvalue weighted by Gasteiger charge is -2.34. The van der Waals surface area contributed by atoms with E-state index >= 15 is 4.39 Å². The molecule has 0 spiro atoms. The molecule has 0 aliphatic heterocycles. The maximum absolute atomic E-state index is 15.4. The van der Waals surface area contributed by atoms with Crippen molar-refractivity contribution in [3.8, 4) is 16.9 Å². The second kappa shape index (κ2) is 41.6. The van der Waals surface area contributed by atoms with Gasteiger partial charge in [-0.15, -0.1) is 0 Å². The Hall–Kier alpha value is -10.4. The van der Waals surface area contributed by atoms with Gasteiger partial charge in [0.15, 0.2) is 0 Å². The molecule has 0 bridgehead atoms. The number of benzene rings is 3. The Bertz CT molecular complexity index is 3620. The normalized spacial score (nSPS) is 14.7. The molecule has 0 unspecified atom stereocenters. The fourth-order valence-electron chi connectivity index (χ4n) is 10.8. The van der Waals surface area contributed by atoms with Gasteiger partial charge in [0.1, 0.15) is 64.9 Å². The number of primary amides is 1. The molecule has 104 heavy (non-hydrogen) atoms. The van der Waals surface area contributed by atoms with E-state index < -0.39 is 193 Å². The highest BCUT2D eigenvalue weighted by molar-refractivity contribution is 6.01. The van der Waals surface area contributed by atoms with Gasteiger partial charge in [0.2, 0.25) is 65.0 Å². The number of aliphatic hydroxyl groups excluding tert-OH is 3. The highest BCUT2D eigenvalue weighted by Crippen LogP contribution is 2.29. The number of carbonyl (C=O) groups is 13. The number of hydrogen-bond donors (Lipinski definition) is 18. The van der Waals surface area contributed by atoms with Crippen molar-refractivity contribution < 1.29 is 97.0 Å². The number of aliphatic hydroxyl groups is 3. The van der Waals surface area contributed by atoms with E-state index in [0.29, 0.717) is 29.8 Å². The van der Waals surface area contributed by atoms with Crippen molar-refractivity contribution in [2.24, 2.45) is 11.5 Å². The van der Waals surface area contributed by atoms with E-state index in [-0.39, 0.29) is 24.8 Å². The summed E-state index contributed by atoms with van der Waals surface area (Å²) < 4.78 is 20.8. The zero-order valence-corrected chi connectivity index (χ0v) is 59.5. The van der Waals surface area contributed by atoms with Gasteiger partial charge in [0.25, 0.3) is 0 Å². The van der Waals surface area contributed by atoms with Gasteiger partial charge in [-0.2, -0.15) is 0 Å². The van der Waals surface area contributed by atoms with Gasteiger partial charge in [0, 0.05) is 37.6 Å². The molecule has 0 aliphatic rings. The molecule has 0 saturated heterocycles. The maximum atomic E-state index is 15.4. The number of amides is 11. The zero-order valence-electron chi connectivity index (χ0n) is 59.5. The first-order valence-corrected chi connectivity index (χ1v) is 34.0. The second-order valence-corrected chi connectivity index (χ2v) is 26.0. The number of unbranched alkanes of at least 4 members (excludes halogenated alkanes) is 5. The van der Waals surface area contributed by atoms with Crippen LogP contribution in [0.15, 0.2) is 79.3 Å². The summed E-state index contributed by atoms with van der Waals surface area (Å²) in [5.74, 6) is -15.8. The molecule has 1 aromatic heterocycles. The summed E-state index contributed by atoms with van der Waals surface area (Å²) in [5.41, 5.74) is 11.1. The van der Waals surface area contributed by atoms with Crippen molar-refractivity contribution in [1.82, 2.24) is 63.1 Å². The standard InChI is InChI=1S/C70H99FN14O19/c1-9-11-12-13-14-15-20-49(59(73)94)77-62(97)51(29-40-21-23-42(24-22-40)46-26-25-45(104-8)30-41(46)10-2)78-63(98)52(32-56(92)93)79-64(99)53(36-86)80-65(100)57(38(3)87)83-68(103)70(7,33-43-18-16-17-19-47(43)71)85-66(101)58(39(4)88)82-54(89)35-75-61(96)50(27-28-55(90)91)81-67(102)69(5,6)84-60(95)48(72)31-44-34-74-37-76-44/h16-19,21-26,30,34,37-39,48-53,57-58,86-88H,9-15,20,27-29,31-33,35-36,72H2,1-8H3,(H2,73,94)(H,74,76)(H,75,96)(H,77,97)(H,78,98)(H,79,99)(H,80,100)(H,81,102)(H,82,89)(H,83,103)(H,84,95)(H,85,101)(H,90,91)(H,92,93)/t38-,39-,48+,49+,50+,51+,52+,53+,57+,58+,70+/m1/s1. The zero-order chi connectivity index (χ0) is 77.6. The van der Waals surface area contributed by atoms with Crippen LogP contribution in [0.5, 0.6) is 5.75 Å². The summed E-state index contributed by atoms with van der Waals surface area (Å²) in [7, 11) is 1.55. The summed E-state index contributed by atoms with van der Waals surface area (Å²) in [6.45, 7) is 7.43. The fraction of sp³-hybridized carbons (Fsp3) is 0.514. The van der Waals surface area contributed by atoms with Crippen LogP contribution in [0.3, 0.4) is 0 Å². The highest BCUT2D eigenvalue weighted by atomic mass is 19.1. The van der Waals surface area contributed by atoms with E-state index in [2.05, 4.69) is 70.1 Å². The van der Waals surface area contributed by atoms with Gasteiger partial charge in [-0.3, -0.25) is 62.3 Å². The van der Waals surface area contributed by atoms with Crippen molar-refractivity contribution in [2.75, 3.05) is 20.3 Å². The summed E-state index contributed by atoms with van der Waals surface area (Å²) in [5, 5.41) is 75.0. The minimum absolute atomic E-state index is 0.0114. The molecule has 0 aliphatic carbocycles.